The van der Waals surface area contributed by atoms with E-state index in [1.54, 1.807) is 62.3 Å². The molecule has 12 nitrogen and oxygen atoms in total. The normalized spacial score (nSPS) is 15.2. The maximum atomic E-state index is 13.8. The number of nitrogens with zero attached hydrogens (tertiary/aromatic N) is 1. The van der Waals surface area contributed by atoms with Gasteiger partial charge in [-0.3, -0.25) is 9.59 Å². The lowest BCUT2D eigenvalue weighted by molar-refractivity contribution is -0.140. The number of carbonyl (C=O) groups excluding carboxylic acids is 2. The van der Waals surface area contributed by atoms with Crippen LogP contribution in [0.3, 0.4) is 0 Å². The molecule has 0 saturated carbocycles. The van der Waals surface area contributed by atoms with E-state index in [2.05, 4.69) is 0 Å². The van der Waals surface area contributed by atoms with Crippen molar-refractivity contribution in [2.45, 2.75) is 67.1 Å². The van der Waals surface area contributed by atoms with Gasteiger partial charge in [-0.15, -0.1) is 4.90 Å². The van der Waals surface area contributed by atoms with Gasteiger partial charge in [-0.25, -0.2) is 0 Å². The highest BCUT2D eigenvalue weighted by molar-refractivity contribution is 7.97. The fraction of sp³-hybridized carbons (Fsp3) is 0.826. The minimum Gasteiger partial charge on any atom is -0.269 e. The van der Waals surface area contributed by atoms with Crippen molar-refractivity contribution >= 4 is 35.6 Å². The van der Waals surface area contributed by atoms with Gasteiger partial charge < -0.3 is 0 Å². The molecule has 0 atom stereocenters. The summed E-state index contributed by atoms with van der Waals surface area (Å²) in [5.74, 6) is -1.35. The van der Waals surface area contributed by atoms with Crippen LogP contribution in [0.5, 0.6) is 0 Å². The lowest BCUT2D eigenvalue weighted by atomic mass is 10.6. The van der Waals surface area contributed by atoms with E-state index in [0.29, 0.717) is 0 Å². The van der Waals surface area contributed by atoms with Gasteiger partial charge in [-0.2, -0.15) is 40.7 Å². The standard InChI is InChI=1S/C23H47NO11P3/c1-10-27-36(28-11-2,29-12-3)23(24-21(25)19-20-22(24)26,37(30-13-4,31-14-5)32-15-6)38(33-16-7,34-17-8)35-18-9/h19-20H,10-18H2,1-9H3/q+3. The van der Waals surface area contributed by atoms with Crippen LogP contribution in [-0.2, 0) is 50.3 Å². The second-order valence-corrected chi connectivity index (χ2v) is 15.5. The van der Waals surface area contributed by atoms with Crippen molar-refractivity contribution in [2.75, 3.05) is 59.5 Å². The van der Waals surface area contributed by atoms with Crippen LogP contribution < -0.4 is 0 Å². The summed E-state index contributed by atoms with van der Waals surface area (Å²) in [6.07, 6.45) is 2.32. The largest absolute Gasteiger partial charge is 0.587 e. The van der Waals surface area contributed by atoms with E-state index in [9.17, 15) is 9.59 Å². The molecule has 0 unspecified atom stereocenters. The lowest BCUT2D eigenvalue weighted by Crippen LogP contribution is -2.59. The fourth-order valence-corrected chi connectivity index (χ4v) is 17.5. The Morgan fingerprint density at radius 2 is 0.658 bits per heavy atom. The molecule has 38 heavy (non-hydrogen) atoms. The first-order valence-corrected chi connectivity index (χ1v) is 17.9. The number of hydrogen-bond donors (Lipinski definition) is 0. The predicted molar refractivity (Wildman–Crippen MR) is 149 cm³/mol. The van der Waals surface area contributed by atoms with E-state index in [-0.39, 0.29) is 59.5 Å². The molecule has 1 heterocycles. The highest BCUT2D eigenvalue weighted by atomic mass is 31.3. The summed E-state index contributed by atoms with van der Waals surface area (Å²) >= 11 is 0. The predicted octanol–water partition coefficient (Wildman–Crippen LogP) is 6.14. The molecule has 0 N–H and O–H groups in total. The van der Waals surface area contributed by atoms with Crippen molar-refractivity contribution in [1.82, 2.24) is 4.90 Å². The first-order valence-electron chi connectivity index (χ1n) is 13.3. The zero-order chi connectivity index (χ0) is 28.9. The summed E-state index contributed by atoms with van der Waals surface area (Å²) in [5, 5.41) is 0. The summed E-state index contributed by atoms with van der Waals surface area (Å²) in [6, 6.07) is 0. The molecule has 0 radical (unpaired) electrons. The van der Waals surface area contributed by atoms with E-state index in [1.807, 2.05) is 0 Å². The number of imide groups is 1. The van der Waals surface area contributed by atoms with Crippen LogP contribution in [0.1, 0.15) is 62.3 Å². The van der Waals surface area contributed by atoms with Crippen LogP contribution >= 0.6 is 23.8 Å². The quantitative estimate of drug-likeness (QED) is 0.104. The molecule has 0 aromatic rings. The Morgan fingerprint density at radius 1 is 0.474 bits per heavy atom. The maximum absolute atomic E-state index is 13.8. The van der Waals surface area contributed by atoms with Crippen molar-refractivity contribution in [3.8, 4) is 0 Å². The third kappa shape index (κ3) is 6.48. The minimum absolute atomic E-state index is 0.0912. The molecule has 15 heteroatoms. The van der Waals surface area contributed by atoms with Crippen LogP contribution in [0.2, 0.25) is 0 Å². The lowest BCUT2D eigenvalue weighted by Gasteiger charge is -2.44. The highest BCUT2D eigenvalue weighted by Crippen LogP contribution is 3.03. The van der Waals surface area contributed by atoms with Crippen LogP contribution in [0, 0.1) is 0 Å². The van der Waals surface area contributed by atoms with Gasteiger partial charge in [0.05, 0.1) is 59.5 Å². The van der Waals surface area contributed by atoms with Gasteiger partial charge in [0.2, 0.25) is 0 Å². The van der Waals surface area contributed by atoms with Crippen LogP contribution in [-0.4, -0.2) is 80.9 Å². The first-order chi connectivity index (χ1) is 18.2. The highest BCUT2D eigenvalue weighted by Gasteiger charge is 3.08. The second-order valence-electron chi connectivity index (χ2n) is 7.20. The molecule has 222 valence electrons. The van der Waals surface area contributed by atoms with E-state index in [1.165, 1.54) is 0 Å². The molecule has 0 fully saturated rings. The Labute approximate surface area is 229 Å². The Morgan fingerprint density at radius 3 is 0.816 bits per heavy atom. The minimum atomic E-state index is -3.99. The number of amides is 2. The van der Waals surface area contributed by atoms with Gasteiger partial charge in [0, 0.05) is 12.2 Å². The van der Waals surface area contributed by atoms with Gasteiger partial charge in [0.15, 0.2) is 0 Å². The van der Waals surface area contributed by atoms with Crippen LogP contribution in [0.4, 0.5) is 0 Å². The van der Waals surface area contributed by atoms with Gasteiger partial charge in [-0.1, -0.05) is 0 Å². The van der Waals surface area contributed by atoms with Crippen molar-refractivity contribution < 1.29 is 50.3 Å². The summed E-state index contributed by atoms with van der Waals surface area (Å²) in [7, 11) is -12.0. The van der Waals surface area contributed by atoms with Gasteiger partial charge in [-0.05, 0) is 62.3 Å². The number of carbonyl (C=O) groups is 2. The summed E-state index contributed by atoms with van der Waals surface area (Å²) in [4.78, 5) is 28.5. The Bertz CT molecular complexity index is 637. The zero-order valence-corrected chi connectivity index (χ0v) is 27.0. The smallest absolute Gasteiger partial charge is 0.269 e. The van der Waals surface area contributed by atoms with E-state index >= 15 is 0 Å². The summed E-state index contributed by atoms with van der Waals surface area (Å²) < 4.78 is 55.8. The summed E-state index contributed by atoms with van der Waals surface area (Å²) in [5.41, 5.74) is 0. The van der Waals surface area contributed by atoms with Gasteiger partial charge in [0.1, 0.15) is 0 Å². The monoisotopic (exact) mass is 606 g/mol. The molecule has 0 aromatic carbocycles. The molecule has 0 bridgehead atoms. The van der Waals surface area contributed by atoms with Crippen molar-refractivity contribution in [2.24, 2.45) is 0 Å². The van der Waals surface area contributed by atoms with E-state index in [4.69, 9.17) is 40.7 Å². The average molecular weight is 607 g/mol. The maximum Gasteiger partial charge on any atom is 0.587 e. The first kappa shape index (κ1) is 35.8. The Balaban J connectivity index is 4.69. The molecule has 1 rings (SSSR count). The molecular formula is C23H47NO11P3+3. The number of hydrogen-bond acceptors (Lipinski definition) is 11. The van der Waals surface area contributed by atoms with E-state index in [0.717, 1.165) is 17.1 Å². The summed E-state index contributed by atoms with van der Waals surface area (Å²) in [6.45, 7) is 16.6. The molecule has 1 aliphatic rings. The molecule has 0 spiro atoms. The Hall–Kier alpha value is -0.190. The van der Waals surface area contributed by atoms with E-state index < -0.39 is 40.4 Å². The third-order valence-corrected chi connectivity index (χ3v) is 17.5. The zero-order valence-electron chi connectivity index (χ0n) is 24.3. The van der Waals surface area contributed by atoms with Crippen molar-refractivity contribution in [1.29, 1.82) is 0 Å². The van der Waals surface area contributed by atoms with Crippen LogP contribution in [0.25, 0.3) is 0 Å². The average Bonchev–Trinajstić information content (AvgIpc) is 3.19. The van der Waals surface area contributed by atoms with Gasteiger partial charge in [0.25, 0.3) is 11.8 Å². The molecule has 0 aliphatic carbocycles. The van der Waals surface area contributed by atoms with Crippen molar-refractivity contribution in [3.63, 3.8) is 0 Å². The van der Waals surface area contributed by atoms with Gasteiger partial charge >= 0.3 is 28.6 Å². The Kier molecular flexibility index (Phi) is 16.0. The fourth-order valence-electron chi connectivity index (χ4n) is 4.16. The molecule has 1 aliphatic heterocycles. The third-order valence-electron chi connectivity index (χ3n) is 4.90. The molecule has 2 amide bonds. The molecule has 0 aromatic heterocycles. The molecular weight excluding hydrogens is 559 g/mol. The second kappa shape index (κ2) is 16.9. The topological polar surface area (TPSA) is 120 Å². The molecule has 0 saturated heterocycles. The van der Waals surface area contributed by atoms with Crippen molar-refractivity contribution in [3.05, 3.63) is 12.2 Å². The number of rotatable bonds is 22. The SMILES string of the molecule is CCO[P+](OCC)(OCC)C(N1C(=O)C=CC1=O)([P+](OCC)(OCC)OCC)[P+](OCC)(OCC)OCC. The van der Waals surface area contributed by atoms with Crippen LogP contribution in [0.15, 0.2) is 12.2 Å².